The van der Waals surface area contributed by atoms with E-state index in [-0.39, 0.29) is 42.4 Å². The molecule has 16 heteroatoms. The first-order valence-electron chi connectivity index (χ1n) is 11.5. The standard InChI is InChI=1S/C23H29N11O5/c24-4-2-1-3-13(12-35)31-19(36)7-14(8-25)33-21(38)18-6-16(10-29-18)34-22(39)17-5-15(9-28-17)32-20(37)11-30-23(26)27/h1-2,5-6,9-10,12-14,28-29H,3-4,7,11,24H2,(H,31,36)(H,32,37)(H,33,38)(H,34,39)(H4,26,27,30)/t13-,14-/m1/s1. The summed E-state index contributed by atoms with van der Waals surface area (Å²) >= 11 is 0. The summed E-state index contributed by atoms with van der Waals surface area (Å²) < 4.78 is 0. The zero-order chi connectivity index (χ0) is 28.8. The Bertz CT molecular complexity index is 1280. The number of guanidine groups is 1. The van der Waals surface area contributed by atoms with E-state index in [0.29, 0.717) is 18.5 Å². The summed E-state index contributed by atoms with van der Waals surface area (Å²) in [6, 6.07) is 2.56. The highest BCUT2D eigenvalue weighted by molar-refractivity contribution is 6.05. The Morgan fingerprint density at radius 1 is 0.974 bits per heavy atom. The van der Waals surface area contributed by atoms with E-state index in [4.69, 9.17) is 17.2 Å². The van der Waals surface area contributed by atoms with Crippen molar-refractivity contribution in [3.05, 3.63) is 48.1 Å². The molecule has 0 aromatic carbocycles. The van der Waals surface area contributed by atoms with Crippen LogP contribution >= 0.6 is 0 Å². The van der Waals surface area contributed by atoms with Gasteiger partial charge in [-0.1, -0.05) is 12.2 Å². The van der Waals surface area contributed by atoms with E-state index >= 15 is 0 Å². The van der Waals surface area contributed by atoms with E-state index in [1.54, 1.807) is 12.2 Å². The minimum absolute atomic E-state index is 0.0165. The van der Waals surface area contributed by atoms with E-state index in [9.17, 15) is 29.2 Å². The Kier molecular flexibility index (Phi) is 11.4. The summed E-state index contributed by atoms with van der Waals surface area (Å²) in [5.41, 5.74) is 16.4. The molecule has 2 heterocycles. The fourth-order valence-electron chi connectivity index (χ4n) is 3.06. The number of hydrogen-bond acceptors (Lipinski definition) is 8. The van der Waals surface area contributed by atoms with Crippen molar-refractivity contribution in [1.29, 1.82) is 5.26 Å². The molecule has 0 unspecified atom stereocenters. The summed E-state index contributed by atoms with van der Waals surface area (Å²) in [4.78, 5) is 69.1. The van der Waals surface area contributed by atoms with Gasteiger partial charge in [0.15, 0.2) is 5.96 Å². The van der Waals surface area contributed by atoms with Crippen LogP contribution in [0, 0.1) is 11.3 Å². The van der Waals surface area contributed by atoms with Crippen molar-refractivity contribution in [2.75, 3.05) is 23.7 Å². The normalized spacial score (nSPS) is 12.0. The highest BCUT2D eigenvalue weighted by Crippen LogP contribution is 2.14. The average Bonchev–Trinajstić information content (AvgIpc) is 3.56. The molecule has 39 heavy (non-hydrogen) atoms. The molecule has 206 valence electrons. The smallest absolute Gasteiger partial charge is 0.272 e. The minimum Gasteiger partial charge on any atom is -0.370 e. The number of nitrogens with two attached hydrogens (primary N) is 3. The average molecular weight is 540 g/mol. The molecule has 2 aromatic heterocycles. The SMILES string of the molecule is N#C[C@@H](CC(=O)N[C@@H](C=O)CC=CCN)NC(=O)c1cc(NC(=O)c2cc(NC(=O)CN=C(N)N)c[nH]2)c[nH]1. The molecule has 0 aliphatic rings. The van der Waals surface area contributed by atoms with Crippen molar-refractivity contribution in [1.82, 2.24) is 20.6 Å². The lowest BCUT2D eigenvalue weighted by Crippen LogP contribution is -2.41. The predicted octanol–water partition coefficient (Wildman–Crippen LogP) is -1.59. The number of aromatic amines is 2. The van der Waals surface area contributed by atoms with E-state index in [1.165, 1.54) is 24.5 Å². The van der Waals surface area contributed by atoms with Crippen LogP contribution in [0.3, 0.4) is 0 Å². The molecule has 0 saturated carbocycles. The molecule has 0 aliphatic heterocycles. The zero-order valence-electron chi connectivity index (χ0n) is 20.7. The van der Waals surface area contributed by atoms with E-state index in [2.05, 4.69) is 36.2 Å². The fraction of sp³-hybridized carbons (Fsp3) is 0.261. The zero-order valence-corrected chi connectivity index (χ0v) is 20.7. The van der Waals surface area contributed by atoms with Crippen molar-refractivity contribution in [2.45, 2.75) is 24.9 Å². The number of aliphatic imine (C=N–C) groups is 1. The molecule has 0 bridgehead atoms. The van der Waals surface area contributed by atoms with Gasteiger partial charge in [-0.2, -0.15) is 5.26 Å². The van der Waals surface area contributed by atoms with Gasteiger partial charge in [0, 0.05) is 18.9 Å². The minimum atomic E-state index is -1.18. The molecule has 0 spiro atoms. The maximum atomic E-state index is 12.5. The number of nitrogens with zero attached hydrogens (tertiary/aromatic N) is 2. The van der Waals surface area contributed by atoms with Crippen LogP contribution < -0.4 is 38.5 Å². The lowest BCUT2D eigenvalue weighted by Gasteiger charge is -2.14. The Morgan fingerprint density at radius 2 is 1.62 bits per heavy atom. The lowest BCUT2D eigenvalue weighted by atomic mass is 10.1. The molecule has 4 amide bonds. The van der Waals surface area contributed by atoms with Crippen LogP contribution in [0.1, 0.15) is 33.8 Å². The Labute approximate surface area is 222 Å². The van der Waals surface area contributed by atoms with E-state index in [0.717, 1.165) is 0 Å². The number of hydrogen-bond donors (Lipinski definition) is 9. The molecule has 2 rings (SSSR count). The third-order valence-electron chi connectivity index (χ3n) is 4.86. The van der Waals surface area contributed by atoms with Gasteiger partial charge in [-0.3, -0.25) is 19.2 Å². The van der Waals surface area contributed by atoms with Gasteiger partial charge >= 0.3 is 0 Å². The number of rotatable bonds is 14. The number of anilines is 2. The van der Waals surface area contributed by atoms with Gasteiger partial charge < -0.3 is 53.2 Å². The molecule has 0 fully saturated rings. The number of nitrogens with one attached hydrogen (secondary N) is 6. The Morgan fingerprint density at radius 3 is 2.21 bits per heavy atom. The van der Waals surface area contributed by atoms with Crippen LogP contribution in [0.15, 0.2) is 41.7 Å². The van der Waals surface area contributed by atoms with Crippen molar-refractivity contribution in [2.24, 2.45) is 22.2 Å². The number of amides is 4. The fourth-order valence-corrected chi connectivity index (χ4v) is 3.06. The third kappa shape index (κ3) is 10.2. The lowest BCUT2D eigenvalue weighted by molar-refractivity contribution is -0.124. The van der Waals surface area contributed by atoms with Crippen molar-refractivity contribution >= 4 is 47.2 Å². The third-order valence-corrected chi connectivity index (χ3v) is 4.86. The number of carbonyl (C=O) groups is 5. The van der Waals surface area contributed by atoms with E-state index < -0.39 is 35.7 Å². The highest BCUT2D eigenvalue weighted by atomic mass is 16.2. The topological polar surface area (TPSA) is 279 Å². The first-order valence-corrected chi connectivity index (χ1v) is 11.5. The predicted molar refractivity (Wildman–Crippen MR) is 141 cm³/mol. The second kappa shape index (κ2) is 15.0. The summed E-state index contributed by atoms with van der Waals surface area (Å²) in [7, 11) is 0. The number of aldehydes is 1. The number of carbonyl (C=O) groups excluding carboxylic acids is 5. The molecule has 0 radical (unpaired) electrons. The summed E-state index contributed by atoms with van der Waals surface area (Å²) in [6.07, 6.45) is 6.46. The van der Waals surface area contributed by atoms with Gasteiger partial charge in [-0.15, -0.1) is 0 Å². The van der Waals surface area contributed by atoms with Gasteiger partial charge in [0.25, 0.3) is 11.8 Å². The second-order valence-electron chi connectivity index (χ2n) is 7.96. The Hall–Kier alpha value is -5.43. The maximum absolute atomic E-state index is 12.5. The largest absolute Gasteiger partial charge is 0.370 e. The van der Waals surface area contributed by atoms with Crippen LogP contribution in [0.2, 0.25) is 0 Å². The van der Waals surface area contributed by atoms with Crippen LogP contribution in [0.4, 0.5) is 11.4 Å². The summed E-state index contributed by atoms with van der Waals surface area (Å²) in [5, 5.41) is 19.3. The van der Waals surface area contributed by atoms with Crippen molar-refractivity contribution in [3.8, 4) is 6.07 Å². The summed E-state index contributed by atoms with van der Waals surface area (Å²) in [6.45, 7) is 0.00812. The van der Waals surface area contributed by atoms with Gasteiger partial charge in [0.05, 0.1) is 29.9 Å². The monoisotopic (exact) mass is 539 g/mol. The first-order chi connectivity index (χ1) is 18.6. The van der Waals surface area contributed by atoms with Crippen LogP contribution in [-0.4, -0.2) is 71.0 Å². The maximum Gasteiger partial charge on any atom is 0.272 e. The van der Waals surface area contributed by atoms with Crippen LogP contribution in [0.25, 0.3) is 0 Å². The van der Waals surface area contributed by atoms with Gasteiger partial charge in [0.1, 0.15) is 30.3 Å². The molecule has 0 aliphatic carbocycles. The quantitative estimate of drug-likeness (QED) is 0.0578. The molecule has 16 nitrogen and oxygen atoms in total. The number of aromatic nitrogens is 2. The number of H-pyrrole nitrogens is 2. The molecular weight excluding hydrogens is 510 g/mol. The van der Waals surface area contributed by atoms with Crippen LogP contribution in [0.5, 0.6) is 0 Å². The molecule has 2 atom stereocenters. The number of nitriles is 1. The van der Waals surface area contributed by atoms with Gasteiger partial charge in [0.2, 0.25) is 11.8 Å². The van der Waals surface area contributed by atoms with E-state index in [1.807, 2.05) is 6.07 Å². The van der Waals surface area contributed by atoms with Crippen molar-refractivity contribution in [3.63, 3.8) is 0 Å². The van der Waals surface area contributed by atoms with Crippen molar-refractivity contribution < 1.29 is 24.0 Å². The van der Waals surface area contributed by atoms with Gasteiger partial charge in [-0.05, 0) is 18.6 Å². The second-order valence-corrected chi connectivity index (χ2v) is 7.96. The molecule has 2 aromatic rings. The Balaban J connectivity index is 1.89. The van der Waals surface area contributed by atoms with Gasteiger partial charge in [-0.25, -0.2) is 4.99 Å². The summed E-state index contributed by atoms with van der Waals surface area (Å²) in [5.74, 6) is -2.59. The van der Waals surface area contributed by atoms with Crippen LogP contribution in [-0.2, 0) is 14.4 Å². The molecular formula is C23H29N11O5. The molecule has 0 saturated heterocycles. The highest BCUT2D eigenvalue weighted by Gasteiger charge is 2.20. The first kappa shape index (κ1) is 29.8. The molecule has 12 N–H and O–H groups in total.